The Hall–Kier alpha value is -2.40. The van der Waals surface area contributed by atoms with Crippen LogP contribution in [0.3, 0.4) is 0 Å². The highest BCUT2D eigenvalue weighted by Crippen LogP contribution is 2.19. The molecule has 0 saturated carbocycles. The number of carbonyl (C=O) groups is 2. The average molecular weight is 321 g/mol. The van der Waals surface area contributed by atoms with Crippen LogP contribution in [0.2, 0.25) is 5.02 Å². The molecule has 4 nitrogen and oxygen atoms in total. The SMILES string of the molecule is CC(=O)Nc1ccc(CC(=O)Nc2ccc(Cl)cc2F)cc1. The van der Waals surface area contributed by atoms with Gasteiger partial charge in [-0.25, -0.2) is 4.39 Å². The van der Waals surface area contributed by atoms with Crippen molar-refractivity contribution < 1.29 is 14.0 Å². The van der Waals surface area contributed by atoms with E-state index in [-0.39, 0.29) is 28.9 Å². The Bertz CT molecular complexity index is 702. The standard InChI is InChI=1S/C16H14ClFN2O2/c1-10(21)19-13-5-2-11(3-6-13)8-16(22)20-15-7-4-12(17)9-14(15)18/h2-7,9H,8H2,1H3,(H,19,21)(H,20,22). The zero-order chi connectivity index (χ0) is 16.1. The number of halogens is 2. The van der Waals surface area contributed by atoms with E-state index in [4.69, 9.17) is 11.6 Å². The monoisotopic (exact) mass is 320 g/mol. The van der Waals surface area contributed by atoms with E-state index in [0.29, 0.717) is 5.69 Å². The number of amides is 2. The van der Waals surface area contributed by atoms with Crippen LogP contribution in [0.15, 0.2) is 42.5 Å². The lowest BCUT2D eigenvalue weighted by Gasteiger charge is -2.07. The molecule has 0 unspecified atom stereocenters. The van der Waals surface area contributed by atoms with Gasteiger partial charge in [0.05, 0.1) is 12.1 Å². The van der Waals surface area contributed by atoms with E-state index < -0.39 is 5.82 Å². The third kappa shape index (κ3) is 4.56. The van der Waals surface area contributed by atoms with Gasteiger partial charge in [0.2, 0.25) is 11.8 Å². The van der Waals surface area contributed by atoms with Gasteiger partial charge in [0, 0.05) is 17.6 Å². The second-order valence-electron chi connectivity index (χ2n) is 4.73. The van der Waals surface area contributed by atoms with Gasteiger partial charge in [-0.15, -0.1) is 0 Å². The molecule has 2 rings (SSSR count). The number of hydrogen-bond donors (Lipinski definition) is 2. The smallest absolute Gasteiger partial charge is 0.228 e. The largest absolute Gasteiger partial charge is 0.326 e. The zero-order valence-corrected chi connectivity index (χ0v) is 12.6. The van der Waals surface area contributed by atoms with E-state index in [1.807, 2.05) is 0 Å². The van der Waals surface area contributed by atoms with Crippen molar-refractivity contribution in [2.45, 2.75) is 13.3 Å². The van der Waals surface area contributed by atoms with Crippen LogP contribution < -0.4 is 10.6 Å². The van der Waals surface area contributed by atoms with Crippen molar-refractivity contribution in [3.63, 3.8) is 0 Å². The maximum atomic E-state index is 13.6. The molecular formula is C16H14ClFN2O2. The maximum absolute atomic E-state index is 13.6. The molecule has 2 aromatic carbocycles. The lowest BCUT2D eigenvalue weighted by atomic mass is 10.1. The number of nitrogens with one attached hydrogen (secondary N) is 2. The molecular weight excluding hydrogens is 307 g/mol. The normalized spacial score (nSPS) is 10.1. The first-order chi connectivity index (χ1) is 10.4. The van der Waals surface area contributed by atoms with E-state index >= 15 is 0 Å². The van der Waals surface area contributed by atoms with Crippen LogP contribution in [-0.4, -0.2) is 11.8 Å². The molecule has 0 aliphatic carbocycles. The summed E-state index contributed by atoms with van der Waals surface area (Å²) in [5.74, 6) is -1.08. The van der Waals surface area contributed by atoms with Gasteiger partial charge in [-0.05, 0) is 35.9 Å². The Morgan fingerprint density at radius 3 is 2.36 bits per heavy atom. The van der Waals surface area contributed by atoms with Gasteiger partial charge in [0.1, 0.15) is 5.82 Å². The summed E-state index contributed by atoms with van der Waals surface area (Å²) in [6.45, 7) is 1.42. The summed E-state index contributed by atoms with van der Waals surface area (Å²) in [7, 11) is 0. The fourth-order valence-corrected chi connectivity index (χ4v) is 2.04. The molecule has 2 N–H and O–H groups in total. The molecule has 2 amide bonds. The van der Waals surface area contributed by atoms with Crippen molar-refractivity contribution in [2.75, 3.05) is 10.6 Å². The van der Waals surface area contributed by atoms with Gasteiger partial charge >= 0.3 is 0 Å². The van der Waals surface area contributed by atoms with Crippen LogP contribution in [0.1, 0.15) is 12.5 Å². The first kappa shape index (κ1) is 16.0. The van der Waals surface area contributed by atoms with Crippen LogP contribution in [0.5, 0.6) is 0 Å². The van der Waals surface area contributed by atoms with Crippen molar-refractivity contribution >= 4 is 34.8 Å². The second kappa shape index (κ2) is 7.04. The number of rotatable bonds is 4. The Morgan fingerprint density at radius 1 is 1.09 bits per heavy atom. The van der Waals surface area contributed by atoms with Crippen molar-refractivity contribution in [3.05, 3.63) is 58.9 Å². The Labute approximate surface area is 132 Å². The summed E-state index contributed by atoms with van der Waals surface area (Å²) >= 11 is 5.65. The predicted molar refractivity (Wildman–Crippen MR) is 84.5 cm³/mol. The molecule has 0 radical (unpaired) electrons. The maximum Gasteiger partial charge on any atom is 0.228 e. The molecule has 114 valence electrons. The molecule has 0 aliphatic rings. The Kier molecular flexibility index (Phi) is 5.12. The molecule has 0 spiro atoms. The van der Waals surface area contributed by atoms with E-state index in [1.165, 1.54) is 19.1 Å². The molecule has 2 aromatic rings. The molecule has 0 fully saturated rings. The number of anilines is 2. The van der Waals surface area contributed by atoms with E-state index in [2.05, 4.69) is 10.6 Å². The lowest BCUT2D eigenvalue weighted by Crippen LogP contribution is -2.15. The number of benzene rings is 2. The van der Waals surface area contributed by atoms with Gasteiger partial charge < -0.3 is 10.6 Å². The minimum Gasteiger partial charge on any atom is -0.326 e. The minimum atomic E-state index is -0.582. The second-order valence-corrected chi connectivity index (χ2v) is 5.16. The fourth-order valence-electron chi connectivity index (χ4n) is 1.88. The summed E-state index contributed by atoms with van der Waals surface area (Å²) in [6, 6.07) is 10.9. The van der Waals surface area contributed by atoms with Gasteiger partial charge in [0.25, 0.3) is 0 Å². The van der Waals surface area contributed by atoms with Crippen molar-refractivity contribution in [2.24, 2.45) is 0 Å². The number of carbonyl (C=O) groups excluding carboxylic acids is 2. The highest BCUT2D eigenvalue weighted by atomic mass is 35.5. The first-order valence-electron chi connectivity index (χ1n) is 6.55. The molecule has 22 heavy (non-hydrogen) atoms. The van der Waals surface area contributed by atoms with Crippen molar-refractivity contribution in [3.8, 4) is 0 Å². The van der Waals surface area contributed by atoms with Gasteiger partial charge in [-0.1, -0.05) is 23.7 Å². The first-order valence-corrected chi connectivity index (χ1v) is 6.93. The fraction of sp³-hybridized carbons (Fsp3) is 0.125. The van der Waals surface area contributed by atoms with Crippen molar-refractivity contribution in [1.29, 1.82) is 0 Å². The van der Waals surface area contributed by atoms with Crippen molar-refractivity contribution in [1.82, 2.24) is 0 Å². The third-order valence-corrected chi connectivity index (χ3v) is 3.08. The summed E-state index contributed by atoms with van der Waals surface area (Å²) in [5, 5.41) is 5.39. The van der Waals surface area contributed by atoms with E-state index in [9.17, 15) is 14.0 Å². The zero-order valence-electron chi connectivity index (χ0n) is 11.8. The van der Waals surface area contributed by atoms with Gasteiger partial charge in [-0.3, -0.25) is 9.59 Å². The minimum absolute atomic E-state index is 0.0873. The number of hydrogen-bond acceptors (Lipinski definition) is 2. The molecule has 0 aliphatic heterocycles. The molecule has 0 atom stereocenters. The topological polar surface area (TPSA) is 58.2 Å². The van der Waals surface area contributed by atoms with Gasteiger partial charge in [0.15, 0.2) is 0 Å². The van der Waals surface area contributed by atoms with E-state index in [0.717, 1.165) is 11.6 Å². The van der Waals surface area contributed by atoms with Crippen LogP contribution in [-0.2, 0) is 16.0 Å². The van der Waals surface area contributed by atoms with Crippen LogP contribution in [0.4, 0.5) is 15.8 Å². The van der Waals surface area contributed by atoms with Crippen LogP contribution >= 0.6 is 11.6 Å². The summed E-state index contributed by atoms with van der Waals surface area (Å²) in [5.41, 5.74) is 1.49. The quantitative estimate of drug-likeness (QED) is 0.904. The lowest BCUT2D eigenvalue weighted by molar-refractivity contribution is -0.116. The Morgan fingerprint density at radius 2 is 1.77 bits per heavy atom. The van der Waals surface area contributed by atoms with Crippen LogP contribution in [0.25, 0.3) is 0 Å². The molecule has 0 saturated heterocycles. The summed E-state index contributed by atoms with van der Waals surface area (Å²) in [4.78, 5) is 22.8. The highest BCUT2D eigenvalue weighted by molar-refractivity contribution is 6.30. The Balaban J connectivity index is 1.98. The molecule has 0 bridgehead atoms. The average Bonchev–Trinajstić information content (AvgIpc) is 2.43. The van der Waals surface area contributed by atoms with Gasteiger partial charge in [-0.2, -0.15) is 0 Å². The van der Waals surface area contributed by atoms with Crippen LogP contribution in [0, 0.1) is 5.82 Å². The molecule has 0 aromatic heterocycles. The predicted octanol–water partition coefficient (Wildman–Crippen LogP) is 3.62. The van der Waals surface area contributed by atoms with E-state index in [1.54, 1.807) is 24.3 Å². The third-order valence-electron chi connectivity index (χ3n) is 2.84. The molecule has 0 heterocycles. The molecule has 6 heteroatoms. The summed E-state index contributed by atoms with van der Waals surface area (Å²) < 4.78 is 13.6. The summed E-state index contributed by atoms with van der Waals surface area (Å²) in [6.07, 6.45) is 0.0996. The highest BCUT2D eigenvalue weighted by Gasteiger charge is 2.08.